The Morgan fingerprint density at radius 2 is 2.15 bits per heavy atom. The van der Waals surface area contributed by atoms with Crippen molar-refractivity contribution in [1.82, 2.24) is 0 Å². The van der Waals surface area contributed by atoms with Crippen LogP contribution in [0.1, 0.15) is 20.1 Å². The molecule has 0 aliphatic carbocycles. The van der Waals surface area contributed by atoms with Gasteiger partial charge in [-0.2, -0.15) is 0 Å². The number of carboxylic acid groups (broad SMARTS) is 1. The van der Waals surface area contributed by atoms with Crippen LogP contribution in [0.2, 0.25) is 0 Å². The highest BCUT2D eigenvalue weighted by Crippen LogP contribution is 2.28. The predicted octanol–water partition coefficient (Wildman–Crippen LogP) is 3.24. The lowest BCUT2D eigenvalue weighted by Crippen LogP contribution is -1.98. The molecule has 1 aromatic carbocycles. The normalized spacial score (nSPS) is 10.2. The molecule has 1 aromatic heterocycles. The fraction of sp³-hybridized carbons (Fsp3) is 0.154. The lowest BCUT2D eigenvalue weighted by Gasteiger charge is -2.07. The second-order valence-corrected chi connectivity index (χ2v) is 5.19. The minimum Gasteiger partial charge on any atom is -0.488 e. The molecule has 2 aromatic rings. The number of ether oxygens (including phenoxy) is 1. The average Bonchev–Trinajstić information content (AvgIpc) is 2.86. The number of nitro benzene ring substituents is 1. The summed E-state index contributed by atoms with van der Waals surface area (Å²) in [7, 11) is 0. The van der Waals surface area contributed by atoms with E-state index in [1.807, 2.05) is 0 Å². The standard InChI is InChI=1S/C13H11NO5S/c1-8-10(14(17)18)3-2-4-11(8)19-7-9-5-6-12(20-9)13(15)16/h2-6H,7H2,1H3,(H,15,16). The van der Waals surface area contributed by atoms with Gasteiger partial charge in [0.15, 0.2) is 0 Å². The van der Waals surface area contributed by atoms with Crippen LogP contribution in [0.5, 0.6) is 5.75 Å². The van der Waals surface area contributed by atoms with Crippen molar-refractivity contribution in [1.29, 1.82) is 0 Å². The van der Waals surface area contributed by atoms with Crippen LogP contribution >= 0.6 is 11.3 Å². The maximum Gasteiger partial charge on any atom is 0.345 e. The van der Waals surface area contributed by atoms with Crippen molar-refractivity contribution in [3.05, 3.63) is 55.8 Å². The number of nitro groups is 1. The third-order valence-electron chi connectivity index (χ3n) is 2.69. The molecule has 1 heterocycles. The van der Waals surface area contributed by atoms with Crippen molar-refractivity contribution >= 4 is 23.0 Å². The Balaban J connectivity index is 2.12. The van der Waals surface area contributed by atoms with Gasteiger partial charge in [-0.15, -0.1) is 11.3 Å². The van der Waals surface area contributed by atoms with Crippen LogP contribution in [0, 0.1) is 17.0 Å². The molecule has 0 atom stereocenters. The fourth-order valence-corrected chi connectivity index (χ4v) is 2.44. The Bertz CT molecular complexity index is 665. The lowest BCUT2D eigenvalue weighted by molar-refractivity contribution is -0.385. The Morgan fingerprint density at radius 1 is 1.40 bits per heavy atom. The van der Waals surface area contributed by atoms with Crippen molar-refractivity contribution in [3.8, 4) is 5.75 Å². The SMILES string of the molecule is Cc1c(OCc2ccc(C(=O)O)s2)cccc1[N+](=O)[O-]. The zero-order valence-electron chi connectivity index (χ0n) is 10.5. The summed E-state index contributed by atoms with van der Waals surface area (Å²) in [5, 5.41) is 19.6. The maximum absolute atomic E-state index is 10.8. The van der Waals surface area contributed by atoms with E-state index in [4.69, 9.17) is 9.84 Å². The zero-order chi connectivity index (χ0) is 14.7. The van der Waals surface area contributed by atoms with Crippen molar-refractivity contribution in [3.63, 3.8) is 0 Å². The number of benzene rings is 1. The Kier molecular flexibility index (Phi) is 3.99. The van der Waals surface area contributed by atoms with Gasteiger partial charge in [-0.05, 0) is 25.1 Å². The van der Waals surface area contributed by atoms with Crippen LogP contribution in [0.15, 0.2) is 30.3 Å². The van der Waals surface area contributed by atoms with E-state index in [9.17, 15) is 14.9 Å². The lowest BCUT2D eigenvalue weighted by atomic mass is 10.2. The molecule has 104 valence electrons. The van der Waals surface area contributed by atoms with Crippen LogP contribution in [-0.2, 0) is 6.61 Å². The van der Waals surface area contributed by atoms with Crippen LogP contribution in [0.3, 0.4) is 0 Å². The van der Waals surface area contributed by atoms with Crippen molar-refractivity contribution in [2.45, 2.75) is 13.5 Å². The number of rotatable bonds is 5. The van der Waals surface area contributed by atoms with Gasteiger partial charge in [0.05, 0.1) is 10.5 Å². The summed E-state index contributed by atoms with van der Waals surface area (Å²) >= 11 is 1.12. The molecule has 0 spiro atoms. The number of hydrogen-bond acceptors (Lipinski definition) is 5. The highest BCUT2D eigenvalue weighted by molar-refractivity contribution is 7.13. The molecule has 0 fully saturated rings. The minimum atomic E-state index is -0.979. The number of carboxylic acids is 1. The van der Waals surface area contributed by atoms with E-state index in [1.165, 1.54) is 12.1 Å². The summed E-state index contributed by atoms with van der Waals surface area (Å²) in [5.41, 5.74) is 0.451. The summed E-state index contributed by atoms with van der Waals surface area (Å²) in [5.74, 6) is -0.558. The molecule has 0 bridgehead atoms. The Labute approximate surface area is 118 Å². The quantitative estimate of drug-likeness (QED) is 0.675. The summed E-state index contributed by atoms with van der Waals surface area (Å²) in [6.07, 6.45) is 0. The van der Waals surface area contributed by atoms with Gasteiger partial charge in [-0.25, -0.2) is 4.79 Å². The minimum absolute atomic E-state index is 0.0000883. The Hall–Kier alpha value is -2.41. The van der Waals surface area contributed by atoms with Gasteiger partial charge in [0, 0.05) is 10.9 Å². The van der Waals surface area contributed by atoms with Crippen molar-refractivity contribution in [2.24, 2.45) is 0 Å². The molecule has 2 rings (SSSR count). The molecule has 0 radical (unpaired) electrons. The number of nitrogens with zero attached hydrogens (tertiary/aromatic N) is 1. The smallest absolute Gasteiger partial charge is 0.345 e. The molecule has 1 N–H and O–H groups in total. The summed E-state index contributed by atoms with van der Waals surface area (Å²) in [6.45, 7) is 1.80. The molecule has 0 unspecified atom stereocenters. The first-order valence-corrected chi connectivity index (χ1v) is 6.49. The second-order valence-electron chi connectivity index (χ2n) is 4.02. The highest BCUT2D eigenvalue weighted by atomic mass is 32.1. The van der Waals surface area contributed by atoms with Crippen LogP contribution in [0.25, 0.3) is 0 Å². The van der Waals surface area contributed by atoms with E-state index in [0.29, 0.717) is 11.3 Å². The first-order chi connectivity index (χ1) is 9.49. The molecule has 0 saturated carbocycles. The maximum atomic E-state index is 10.8. The van der Waals surface area contributed by atoms with Crippen molar-refractivity contribution in [2.75, 3.05) is 0 Å². The number of aromatic carboxylic acids is 1. The van der Waals surface area contributed by atoms with Crippen LogP contribution in [0.4, 0.5) is 5.69 Å². The van der Waals surface area contributed by atoms with Gasteiger partial charge in [-0.3, -0.25) is 10.1 Å². The molecule has 0 aliphatic rings. The van der Waals surface area contributed by atoms with Gasteiger partial charge < -0.3 is 9.84 Å². The largest absolute Gasteiger partial charge is 0.488 e. The molecule has 0 amide bonds. The molecule has 6 nitrogen and oxygen atoms in total. The summed E-state index contributed by atoms with van der Waals surface area (Å²) < 4.78 is 5.52. The van der Waals surface area contributed by atoms with E-state index < -0.39 is 10.9 Å². The predicted molar refractivity (Wildman–Crippen MR) is 73.4 cm³/mol. The second kappa shape index (κ2) is 5.70. The van der Waals surface area contributed by atoms with E-state index >= 15 is 0 Å². The monoisotopic (exact) mass is 293 g/mol. The van der Waals surface area contributed by atoms with E-state index in [1.54, 1.807) is 25.1 Å². The molecule has 7 heteroatoms. The molecular weight excluding hydrogens is 282 g/mol. The average molecular weight is 293 g/mol. The van der Waals surface area contributed by atoms with Gasteiger partial charge in [0.2, 0.25) is 0 Å². The highest BCUT2D eigenvalue weighted by Gasteiger charge is 2.14. The van der Waals surface area contributed by atoms with Gasteiger partial charge >= 0.3 is 5.97 Å². The fourth-order valence-electron chi connectivity index (χ4n) is 1.68. The van der Waals surface area contributed by atoms with Crippen LogP contribution in [-0.4, -0.2) is 16.0 Å². The number of hydrogen-bond donors (Lipinski definition) is 1. The van der Waals surface area contributed by atoms with Crippen LogP contribution < -0.4 is 4.74 Å². The molecule has 0 aliphatic heterocycles. The summed E-state index contributed by atoms with van der Waals surface area (Å²) in [6, 6.07) is 7.79. The van der Waals surface area contributed by atoms with Gasteiger partial charge in [-0.1, -0.05) is 6.07 Å². The van der Waals surface area contributed by atoms with E-state index in [-0.39, 0.29) is 17.2 Å². The third-order valence-corrected chi connectivity index (χ3v) is 3.74. The van der Waals surface area contributed by atoms with Gasteiger partial charge in [0.1, 0.15) is 17.2 Å². The van der Waals surface area contributed by atoms with Gasteiger partial charge in [0.25, 0.3) is 5.69 Å². The Morgan fingerprint density at radius 3 is 2.75 bits per heavy atom. The number of thiophene rings is 1. The summed E-state index contributed by atoms with van der Waals surface area (Å²) in [4.78, 5) is 22.1. The first kappa shape index (κ1) is 14.0. The molecule has 20 heavy (non-hydrogen) atoms. The first-order valence-electron chi connectivity index (χ1n) is 5.68. The molecule has 0 saturated heterocycles. The topological polar surface area (TPSA) is 89.7 Å². The van der Waals surface area contributed by atoms with E-state index in [2.05, 4.69) is 0 Å². The zero-order valence-corrected chi connectivity index (χ0v) is 11.3. The number of carbonyl (C=O) groups is 1. The third kappa shape index (κ3) is 2.94. The van der Waals surface area contributed by atoms with E-state index in [0.717, 1.165) is 16.2 Å². The molecular formula is C13H11NO5S. The van der Waals surface area contributed by atoms with Crippen molar-refractivity contribution < 1.29 is 19.6 Å².